The van der Waals surface area contributed by atoms with Crippen molar-refractivity contribution in [3.8, 4) is 11.3 Å². The van der Waals surface area contributed by atoms with Gasteiger partial charge in [-0.15, -0.1) is 0 Å². The number of pyridine rings is 1. The topological polar surface area (TPSA) is 26.0 Å². The van der Waals surface area contributed by atoms with Gasteiger partial charge in [0.1, 0.15) is 17.0 Å². The predicted molar refractivity (Wildman–Crippen MR) is 130 cm³/mol. The summed E-state index contributed by atoms with van der Waals surface area (Å²) in [4.78, 5) is 4.77. The lowest BCUT2D eigenvalue weighted by atomic mass is 9.96. The molecule has 0 saturated heterocycles. The van der Waals surface area contributed by atoms with Crippen molar-refractivity contribution < 1.29 is 8.81 Å². The van der Waals surface area contributed by atoms with Crippen molar-refractivity contribution in [2.45, 2.75) is 46.0 Å². The van der Waals surface area contributed by atoms with E-state index in [1.165, 1.54) is 10.9 Å². The number of furan rings is 1. The van der Waals surface area contributed by atoms with Gasteiger partial charge in [0.25, 0.3) is 0 Å². The Bertz CT molecular complexity index is 1510. The maximum atomic E-state index is 14.7. The van der Waals surface area contributed by atoms with Gasteiger partial charge >= 0.3 is 0 Å². The highest BCUT2D eigenvalue weighted by Crippen LogP contribution is 2.45. The van der Waals surface area contributed by atoms with Gasteiger partial charge in [-0.25, -0.2) is 4.39 Å². The Morgan fingerprint density at radius 3 is 2.62 bits per heavy atom. The maximum Gasteiger partial charge on any atom is 0.144 e. The van der Waals surface area contributed by atoms with Crippen LogP contribution in [0.15, 0.2) is 59.1 Å². The van der Waals surface area contributed by atoms with Gasteiger partial charge in [0.15, 0.2) is 0 Å². The molecule has 1 fully saturated rings. The number of hydrogen-bond donors (Lipinski definition) is 0. The van der Waals surface area contributed by atoms with Crippen LogP contribution in [0, 0.1) is 18.7 Å². The van der Waals surface area contributed by atoms with E-state index in [2.05, 4.69) is 57.2 Å². The smallest absolute Gasteiger partial charge is 0.144 e. The number of rotatable bonds is 4. The molecule has 1 aliphatic carbocycles. The van der Waals surface area contributed by atoms with E-state index in [1.807, 2.05) is 12.3 Å². The minimum atomic E-state index is -0.154. The quantitative estimate of drug-likeness (QED) is 0.290. The Hall–Kier alpha value is -3.20. The molecule has 0 spiro atoms. The van der Waals surface area contributed by atoms with Gasteiger partial charge in [-0.05, 0) is 84.4 Å². The Morgan fingerprint density at radius 1 is 1.00 bits per heavy atom. The monoisotopic (exact) mass is 423 g/mol. The van der Waals surface area contributed by atoms with Crippen molar-refractivity contribution in [2.75, 3.05) is 0 Å². The molecule has 0 radical (unpaired) electrons. The van der Waals surface area contributed by atoms with Crippen molar-refractivity contribution in [1.29, 1.82) is 0 Å². The van der Waals surface area contributed by atoms with Crippen LogP contribution in [0.5, 0.6) is 0 Å². The lowest BCUT2D eigenvalue weighted by Crippen LogP contribution is -1.94. The highest BCUT2D eigenvalue weighted by atomic mass is 19.1. The van der Waals surface area contributed by atoms with E-state index in [9.17, 15) is 4.39 Å². The van der Waals surface area contributed by atoms with Gasteiger partial charge in [0.2, 0.25) is 0 Å². The number of nitrogens with zero attached hydrogens (tertiary/aromatic N) is 1. The number of halogens is 1. The van der Waals surface area contributed by atoms with Gasteiger partial charge in [-0.3, -0.25) is 4.98 Å². The molecule has 0 atom stereocenters. The Kier molecular flexibility index (Phi) is 4.36. The SMILES string of the molecule is Cc1cc(-c2nccc3cc(CC(C)C)ccc23)c2oc3cc(F)c(C4CC4)cc3c2c1. The molecule has 160 valence electrons. The van der Waals surface area contributed by atoms with Crippen LogP contribution in [0.4, 0.5) is 4.39 Å². The lowest BCUT2D eigenvalue weighted by Gasteiger charge is -2.10. The van der Waals surface area contributed by atoms with Gasteiger partial charge < -0.3 is 4.42 Å². The van der Waals surface area contributed by atoms with Gasteiger partial charge in [0.05, 0.1) is 5.69 Å². The first-order chi connectivity index (χ1) is 15.5. The largest absolute Gasteiger partial charge is 0.455 e. The number of hydrogen-bond acceptors (Lipinski definition) is 2. The highest BCUT2D eigenvalue weighted by Gasteiger charge is 2.28. The van der Waals surface area contributed by atoms with Gasteiger partial charge in [0, 0.05) is 34.0 Å². The molecule has 2 aromatic heterocycles. The lowest BCUT2D eigenvalue weighted by molar-refractivity contribution is 0.604. The molecule has 0 aliphatic heterocycles. The van der Waals surface area contributed by atoms with Crippen molar-refractivity contribution >= 4 is 32.7 Å². The summed E-state index contributed by atoms with van der Waals surface area (Å²) in [5.74, 6) is 0.813. The summed E-state index contributed by atoms with van der Waals surface area (Å²) < 4.78 is 21.0. The first-order valence-electron chi connectivity index (χ1n) is 11.5. The zero-order valence-corrected chi connectivity index (χ0v) is 18.7. The summed E-state index contributed by atoms with van der Waals surface area (Å²) in [5.41, 5.74) is 6.57. The van der Waals surface area contributed by atoms with E-state index in [0.717, 1.165) is 63.4 Å². The van der Waals surface area contributed by atoms with Crippen LogP contribution < -0.4 is 0 Å². The third-order valence-electron chi connectivity index (χ3n) is 6.58. The fraction of sp³-hybridized carbons (Fsp3) is 0.276. The molecular weight excluding hydrogens is 397 g/mol. The highest BCUT2D eigenvalue weighted by molar-refractivity contribution is 6.12. The molecule has 2 heterocycles. The normalized spacial score (nSPS) is 14.3. The van der Waals surface area contributed by atoms with Gasteiger partial charge in [-0.1, -0.05) is 32.0 Å². The van der Waals surface area contributed by atoms with E-state index in [0.29, 0.717) is 17.4 Å². The summed E-state index contributed by atoms with van der Waals surface area (Å²) in [6, 6.07) is 16.6. The van der Waals surface area contributed by atoms with E-state index >= 15 is 0 Å². The second-order valence-corrected chi connectivity index (χ2v) is 9.75. The van der Waals surface area contributed by atoms with Crippen LogP contribution in [0.3, 0.4) is 0 Å². The molecule has 5 aromatic rings. The molecule has 0 unspecified atom stereocenters. The molecule has 1 saturated carbocycles. The second-order valence-electron chi connectivity index (χ2n) is 9.75. The Morgan fingerprint density at radius 2 is 1.84 bits per heavy atom. The number of aromatic nitrogens is 1. The Labute approximate surface area is 187 Å². The molecule has 0 amide bonds. The van der Waals surface area contributed by atoms with E-state index in [4.69, 9.17) is 9.40 Å². The third-order valence-corrected chi connectivity index (χ3v) is 6.58. The van der Waals surface area contributed by atoms with Crippen LogP contribution in [0.1, 0.15) is 49.3 Å². The third kappa shape index (κ3) is 3.19. The standard InChI is InChI=1S/C29H26FNO/c1-16(2)10-18-4-7-21-20(13-18)8-9-31-28(21)25-12-17(3)11-24-23-14-22(19-5-6-19)26(30)15-27(23)32-29(24)25/h4,7-9,11-16,19H,5-6,10H2,1-3H3. The first kappa shape index (κ1) is 19.5. The average molecular weight is 424 g/mol. The number of fused-ring (bicyclic) bond motifs is 4. The van der Waals surface area contributed by atoms with E-state index in [-0.39, 0.29) is 5.82 Å². The molecule has 0 bridgehead atoms. The fourth-order valence-electron chi connectivity index (χ4n) is 4.98. The zero-order chi connectivity index (χ0) is 22.0. The summed E-state index contributed by atoms with van der Waals surface area (Å²) in [6.45, 7) is 6.58. The minimum absolute atomic E-state index is 0.154. The molecule has 32 heavy (non-hydrogen) atoms. The maximum absolute atomic E-state index is 14.7. The molecule has 2 nitrogen and oxygen atoms in total. The van der Waals surface area contributed by atoms with Crippen molar-refractivity contribution in [2.24, 2.45) is 5.92 Å². The summed E-state index contributed by atoms with van der Waals surface area (Å²) in [5, 5.41) is 4.32. The summed E-state index contributed by atoms with van der Waals surface area (Å²) in [7, 11) is 0. The van der Waals surface area contributed by atoms with Crippen molar-refractivity contribution in [1.82, 2.24) is 4.98 Å². The minimum Gasteiger partial charge on any atom is -0.455 e. The van der Waals surface area contributed by atoms with Crippen LogP contribution in [0.25, 0.3) is 44.0 Å². The molecule has 3 aromatic carbocycles. The fourth-order valence-corrected chi connectivity index (χ4v) is 4.98. The second kappa shape index (κ2) is 7.16. The van der Waals surface area contributed by atoms with Crippen LogP contribution in [0.2, 0.25) is 0 Å². The van der Waals surface area contributed by atoms with Gasteiger partial charge in [-0.2, -0.15) is 0 Å². The van der Waals surface area contributed by atoms with Crippen LogP contribution in [-0.2, 0) is 6.42 Å². The molecule has 1 aliphatic rings. The van der Waals surface area contributed by atoms with E-state index < -0.39 is 0 Å². The van der Waals surface area contributed by atoms with Crippen molar-refractivity contribution in [3.63, 3.8) is 0 Å². The molecule has 3 heteroatoms. The van der Waals surface area contributed by atoms with E-state index in [1.54, 1.807) is 6.07 Å². The van der Waals surface area contributed by atoms with Crippen molar-refractivity contribution in [3.05, 3.63) is 77.2 Å². The van der Waals surface area contributed by atoms with Crippen LogP contribution >= 0.6 is 0 Å². The summed E-state index contributed by atoms with van der Waals surface area (Å²) >= 11 is 0. The predicted octanol–water partition coefficient (Wildman–Crippen LogP) is 8.32. The number of aryl methyl sites for hydroxylation is 1. The average Bonchev–Trinajstić information content (AvgIpc) is 3.53. The molecule has 6 rings (SSSR count). The van der Waals surface area contributed by atoms with Crippen LogP contribution in [-0.4, -0.2) is 4.98 Å². The molecular formula is C29H26FNO. The number of benzene rings is 3. The Balaban J connectivity index is 1.60. The summed E-state index contributed by atoms with van der Waals surface area (Å²) in [6.07, 6.45) is 5.07. The molecule has 0 N–H and O–H groups in total. The zero-order valence-electron chi connectivity index (χ0n) is 18.7. The first-order valence-corrected chi connectivity index (χ1v) is 11.5.